The summed E-state index contributed by atoms with van der Waals surface area (Å²) in [5.74, 6) is 0.707. The number of carbonyl (C=O) groups excluding carboxylic acids is 1. The van der Waals surface area contributed by atoms with Crippen LogP contribution in [0.2, 0.25) is 0 Å². The molecule has 3 nitrogen and oxygen atoms in total. The normalized spacial score (nSPS) is 26.6. The molecule has 2 heterocycles. The third-order valence-electron chi connectivity index (χ3n) is 2.83. The first-order chi connectivity index (χ1) is 6.61. The van der Waals surface area contributed by atoms with Gasteiger partial charge < -0.3 is 4.90 Å². The van der Waals surface area contributed by atoms with Gasteiger partial charge in [-0.05, 0) is 31.0 Å². The van der Waals surface area contributed by atoms with Crippen molar-refractivity contribution in [1.29, 1.82) is 0 Å². The Morgan fingerprint density at radius 2 is 2.29 bits per heavy atom. The summed E-state index contributed by atoms with van der Waals surface area (Å²) in [5, 5.41) is 0.756. The van der Waals surface area contributed by atoms with Crippen LogP contribution < -0.4 is 0 Å². The first-order valence-corrected chi connectivity index (χ1v) is 5.64. The molecule has 2 aliphatic heterocycles. The van der Waals surface area contributed by atoms with E-state index in [0.717, 1.165) is 31.0 Å². The van der Waals surface area contributed by atoms with Gasteiger partial charge in [-0.1, -0.05) is 13.8 Å². The second-order valence-corrected chi connectivity index (χ2v) is 4.84. The Morgan fingerprint density at radius 1 is 1.57 bits per heavy atom. The van der Waals surface area contributed by atoms with Crippen LogP contribution in [0.4, 0.5) is 0 Å². The lowest BCUT2D eigenvalue weighted by Gasteiger charge is -2.20. The van der Waals surface area contributed by atoms with E-state index in [9.17, 15) is 4.79 Å². The highest BCUT2D eigenvalue weighted by molar-refractivity contribution is 7.80. The Kier molecular flexibility index (Phi) is 2.47. The summed E-state index contributed by atoms with van der Waals surface area (Å²) in [4.78, 5) is 15.8. The van der Waals surface area contributed by atoms with Gasteiger partial charge in [-0.2, -0.15) is 0 Å². The van der Waals surface area contributed by atoms with E-state index in [1.807, 2.05) is 0 Å². The van der Waals surface area contributed by atoms with Gasteiger partial charge in [0.25, 0.3) is 5.91 Å². The topological polar surface area (TPSA) is 23.6 Å². The van der Waals surface area contributed by atoms with Crippen LogP contribution in [0.5, 0.6) is 0 Å². The highest BCUT2D eigenvalue weighted by atomic mass is 32.1. The van der Waals surface area contributed by atoms with Crippen LogP contribution in [0.3, 0.4) is 0 Å². The van der Waals surface area contributed by atoms with Gasteiger partial charge in [0, 0.05) is 13.1 Å². The monoisotopic (exact) mass is 212 g/mol. The Balaban J connectivity index is 2.13. The molecule has 1 amide bonds. The average Bonchev–Trinajstić information content (AvgIpc) is 2.65. The summed E-state index contributed by atoms with van der Waals surface area (Å²) in [7, 11) is 0. The van der Waals surface area contributed by atoms with Gasteiger partial charge in [0.15, 0.2) is 5.11 Å². The van der Waals surface area contributed by atoms with Gasteiger partial charge in [-0.15, -0.1) is 0 Å². The Hall–Kier alpha value is -0.640. The van der Waals surface area contributed by atoms with E-state index in [-0.39, 0.29) is 11.9 Å². The molecule has 0 aliphatic carbocycles. The van der Waals surface area contributed by atoms with Crippen molar-refractivity contribution in [1.82, 2.24) is 9.80 Å². The van der Waals surface area contributed by atoms with Crippen molar-refractivity contribution < 1.29 is 4.79 Å². The van der Waals surface area contributed by atoms with Gasteiger partial charge >= 0.3 is 0 Å². The standard InChI is InChI=1S/C10H16N2OS/c1-7(2)6-12-9(13)8-4-3-5-11(8)10(12)14/h7-8H,3-6H2,1-2H3/t8-/m0/s1. The Bertz CT molecular complexity index is 255. The molecule has 0 saturated carbocycles. The van der Waals surface area contributed by atoms with Gasteiger partial charge in [0.05, 0.1) is 0 Å². The summed E-state index contributed by atoms with van der Waals surface area (Å²) in [6.45, 7) is 5.95. The molecule has 0 radical (unpaired) electrons. The first kappa shape index (κ1) is 9.90. The zero-order valence-electron chi connectivity index (χ0n) is 8.69. The van der Waals surface area contributed by atoms with E-state index >= 15 is 0 Å². The summed E-state index contributed by atoms with van der Waals surface area (Å²) >= 11 is 5.30. The number of rotatable bonds is 2. The second-order valence-electron chi connectivity index (χ2n) is 4.48. The number of amides is 1. The van der Waals surface area contributed by atoms with Crippen LogP contribution >= 0.6 is 12.2 Å². The highest BCUT2D eigenvalue weighted by Gasteiger charge is 2.44. The lowest BCUT2D eigenvalue weighted by Crippen LogP contribution is -2.35. The number of thiocarbonyl (C=S) groups is 1. The maximum absolute atomic E-state index is 11.9. The van der Waals surface area contributed by atoms with Crippen molar-refractivity contribution in [3.63, 3.8) is 0 Å². The molecule has 4 heteroatoms. The molecule has 78 valence electrons. The zero-order valence-corrected chi connectivity index (χ0v) is 9.51. The van der Waals surface area contributed by atoms with Gasteiger partial charge in [-0.25, -0.2) is 0 Å². The molecule has 0 aromatic rings. The molecule has 0 N–H and O–H groups in total. The van der Waals surface area contributed by atoms with Crippen LogP contribution in [0.1, 0.15) is 26.7 Å². The number of hydrogen-bond donors (Lipinski definition) is 0. The predicted molar refractivity (Wildman–Crippen MR) is 58.9 cm³/mol. The minimum absolute atomic E-state index is 0.0706. The fourth-order valence-corrected chi connectivity index (χ4v) is 2.60. The molecule has 2 saturated heterocycles. The average molecular weight is 212 g/mol. The van der Waals surface area contributed by atoms with Gasteiger partial charge in [0.1, 0.15) is 6.04 Å². The van der Waals surface area contributed by atoms with Crippen molar-refractivity contribution in [2.75, 3.05) is 13.1 Å². The summed E-state index contributed by atoms with van der Waals surface area (Å²) in [6.07, 6.45) is 2.08. The van der Waals surface area contributed by atoms with E-state index in [0.29, 0.717) is 5.92 Å². The second kappa shape index (κ2) is 3.50. The Morgan fingerprint density at radius 3 is 2.86 bits per heavy atom. The van der Waals surface area contributed by atoms with Gasteiger partial charge in [-0.3, -0.25) is 9.69 Å². The van der Waals surface area contributed by atoms with E-state index in [4.69, 9.17) is 12.2 Å². The smallest absolute Gasteiger partial charge is 0.251 e. The number of carbonyl (C=O) groups is 1. The highest BCUT2D eigenvalue weighted by Crippen LogP contribution is 2.27. The summed E-state index contributed by atoms with van der Waals surface area (Å²) in [6, 6.07) is 0.0706. The minimum atomic E-state index is 0.0706. The van der Waals surface area contributed by atoms with Crippen LogP contribution in [-0.2, 0) is 4.79 Å². The van der Waals surface area contributed by atoms with E-state index in [2.05, 4.69) is 18.7 Å². The third-order valence-corrected chi connectivity index (χ3v) is 3.28. The molecule has 0 aromatic heterocycles. The molecule has 0 bridgehead atoms. The molecule has 0 aromatic carbocycles. The van der Waals surface area contributed by atoms with Crippen LogP contribution in [0.25, 0.3) is 0 Å². The Labute approximate surface area is 90.1 Å². The van der Waals surface area contributed by atoms with E-state index in [1.54, 1.807) is 4.90 Å². The van der Waals surface area contributed by atoms with E-state index in [1.165, 1.54) is 0 Å². The van der Waals surface area contributed by atoms with Crippen LogP contribution in [0, 0.1) is 5.92 Å². The lowest BCUT2D eigenvalue weighted by molar-refractivity contribution is -0.128. The van der Waals surface area contributed by atoms with E-state index < -0.39 is 0 Å². The molecule has 2 rings (SSSR count). The maximum Gasteiger partial charge on any atom is 0.251 e. The van der Waals surface area contributed by atoms with Crippen LogP contribution in [-0.4, -0.2) is 40.0 Å². The van der Waals surface area contributed by atoms with Gasteiger partial charge in [0.2, 0.25) is 0 Å². The number of nitrogens with zero attached hydrogens (tertiary/aromatic N) is 2. The summed E-state index contributed by atoms with van der Waals surface area (Å²) < 4.78 is 0. The summed E-state index contributed by atoms with van der Waals surface area (Å²) in [5.41, 5.74) is 0. The van der Waals surface area contributed by atoms with Crippen molar-refractivity contribution in [3.8, 4) is 0 Å². The SMILES string of the molecule is CC(C)CN1C(=O)[C@@H]2CCCN2C1=S. The predicted octanol–water partition coefficient (Wildman–Crippen LogP) is 1.23. The molecule has 14 heavy (non-hydrogen) atoms. The third kappa shape index (κ3) is 1.41. The number of hydrogen-bond acceptors (Lipinski definition) is 2. The molecule has 0 unspecified atom stereocenters. The molecule has 0 spiro atoms. The van der Waals surface area contributed by atoms with Crippen molar-refractivity contribution in [3.05, 3.63) is 0 Å². The quantitative estimate of drug-likeness (QED) is 0.643. The first-order valence-electron chi connectivity index (χ1n) is 5.23. The maximum atomic E-state index is 11.9. The molecular weight excluding hydrogens is 196 g/mol. The molecular formula is C10H16N2OS. The molecule has 1 atom stereocenters. The largest absolute Gasteiger partial charge is 0.337 e. The fourth-order valence-electron chi connectivity index (χ4n) is 2.21. The molecule has 2 fully saturated rings. The minimum Gasteiger partial charge on any atom is -0.337 e. The zero-order chi connectivity index (χ0) is 10.3. The number of fused-ring (bicyclic) bond motifs is 1. The van der Waals surface area contributed by atoms with Crippen LogP contribution in [0.15, 0.2) is 0 Å². The van der Waals surface area contributed by atoms with Crippen molar-refractivity contribution in [2.24, 2.45) is 5.92 Å². The fraction of sp³-hybridized carbons (Fsp3) is 0.800. The molecule has 2 aliphatic rings. The lowest BCUT2D eigenvalue weighted by atomic mass is 10.2. The van der Waals surface area contributed by atoms with Crippen molar-refractivity contribution in [2.45, 2.75) is 32.7 Å². The van der Waals surface area contributed by atoms with Crippen molar-refractivity contribution >= 4 is 23.2 Å².